The van der Waals surface area contributed by atoms with Crippen LogP contribution in [0.25, 0.3) is 0 Å². The van der Waals surface area contributed by atoms with Crippen LogP contribution in [-0.4, -0.2) is 36.1 Å². The Hall–Kier alpha value is -1.49. The van der Waals surface area contributed by atoms with Crippen molar-refractivity contribution in [2.45, 2.75) is 12.8 Å². The monoisotopic (exact) mass is 221 g/mol. The van der Waals surface area contributed by atoms with E-state index in [0.717, 1.165) is 19.6 Å². The van der Waals surface area contributed by atoms with E-state index in [0.29, 0.717) is 12.5 Å². The Morgan fingerprint density at radius 2 is 2.25 bits per heavy atom. The number of pyridine rings is 1. The van der Waals surface area contributed by atoms with Crippen LogP contribution in [0.15, 0.2) is 23.5 Å². The summed E-state index contributed by atoms with van der Waals surface area (Å²) in [5.74, 6) is 0.330. The first kappa shape index (κ1) is 11.0. The summed E-state index contributed by atoms with van der Waals surface area (Å²) in [6, 6.07) is 3.27. The lowest BCUT2D eigenvalue weighted by Crippen LogP contribution is -2.25. The third-order valence-electron chi connectivity index (χ3n) is 2.69. The predicted molar refractivity (Wildman–Crippen MR) is 60.9 cm³/mol. The Kier molecular flexibility index (Phi) is 3.82. The third kappa shape index (κ3) is 2.76. The van der Waals surface area contributed by atoms with Gasteiger partial charge < -0.3 is 4.74 Å². The predicted octanol–water partition coefficient (Wildman–Crippen LogP) is 1.95. The van der Waals surface area contributed by atoms with Crippen LogP contribution in [0.1, 0.15) is 12.8 Å². The molecule has 1 fully saturated rings. The SMILES string of the molecule is O=Nc1cccnc1OCCN1CCCC1. The first-order valence-electron chi connectivity index (χ1n) is 5.53. The molecule has 0 spiro atoms. The number of likely N-dealkylation sites (tertiary alicyclic amines) is 1. The summed E-state index contributed by atoms with van der Waals surface area (Å²) in [7, 11) is 0. The highest BCUT2D eigenvalue weighted by atomic mass is 16.5. The van der Waals surface area contributed by atoms with Crippen molar-refractivity contribution in [1.82, 2.24) is 9.88 Å². The van der Waals surface area contributed by atoms with Gasteiger partial charge in [0.1, 0.15) is 6.61 Å². The number of rotatable bonds is 5. The topological polar surface area (TPSA) is 54.8 Å². The Labute approximate surface area is 94.4 Å². The van der Waals surface area contributed by atoms with E-state index in [1.54, 1.807) is 18.3 Å². The summed E-state index contributed by atoms with van der Waals surface area (Å²) in [5, 5.41) is 2.87. The molecule has 0 aliphatic carbocycles. The van der Waals surface area contributed by atoms with E-state index in [1.807, 2.05) is 0 Å². The van der Waals surface area contributed by atoms with Crippen molar-refractivity contribution < 1.29 is 4.74 Å². The maximum Gasteiger partial charge on any atom is 0.243 e. The van der Waals surface area contributed by atoms with Crippen LogP contribution in [0, 0.1) is 4.91 Å². The summed E-state index contributed by atoms with van der Waals surface area (Å²) in [4.78, 5) is 16.8. The summed E-state index contributed by atoms with van der Waals surface area (Å²) in [6.07, 6.45) is 4.13. The number of nitrogens with zero attached hydrogens (tertiary/aromatic N) is 3. The van der Waals surface area contributed by atoms with Crippen LogP contribution in [-0.2, 0) is 0 Å². The molecule has 1 aliphatic heterocycles. The Morgan fingerprint density at radius 1 is 1.44 bits per heavy atom. The largest absolute Gasteiger partial charge is 0.475 e. The fraction of sp³-hybridized carbons (Fsp3) is 0.545. The molecular weight excluding hydrogens is 206 g/mol. The van der Waals surface area contributed by atoms with Gasteiger partial charge in [-0.05, 0) is 43.2 Å². The molecule has 0 aromatic carbocycles. The molecule has 2 rings (SSSR count). The van der Waals surface area contributed by atoms with Crippen molar-refractivity contribution >= 4 is 5.69 Å². The molecule has 1 aliphatic rings. The standard InChI is InChI=1S/C11H15N3O2/c15-13-10-4-3-5-12-11(10)16-9-8-14-6-1-2-7-14/h3-5H,1-2,6-9H2. The smallest absolute Gasteiger partial charge is 0.243 e. The van der Waals surface area contributed by atoms with Gasteiger partial charge in [-0.3, -0.25) is 4.90 Å². The Bertz CT molecular complexity index is 351. The maximum absolute atomic E-state index is 10.5. The number of hydrogen-bond acceptors (Lipinski definition) is 5. The second kappa shape index (κ2) is 5.55. The van der Waals surface area contributed by atoms with E-state index in [-0.39, 0.29) is 5.69 Å². The highest BCUT2D eigenvalue weighted by molar-refractivity contribution is 5.45. The van der Waals surface area contributed by atoms with E-state index in [4.69, 9.17) is 4.74 Å². The normalized spacial score (nSPS) is 16.2. The fourth-order valence-corrected chi connectivity index (χ4v) is 1.84. The van der Waals surface area contributed by atoms with Crippen molar-refractivity contribution in [3.8, 4) is 5.88 Å². The van der Waals surface area contributed by atoms with E-state index in [2.05, 4.69) is 15.1 Å². The lowest BCUT2D eigenvalue weighted by molar-refractivity contribution is 0.232. The molecule has 2 heterocycles. The quantitative estimate of drug-likeness (QED) is 0.713. The summed E-state index contributed by atoms with van der Waals surface area (Å²) in [6.45, 7) is 3.73. The van der Waals surface area contributed by atoms with Crippen molar-refractivity contribution in [1.29, 1.82) is 0 Å². The van der Waals surface area contributed by atoms with Gasteiger partial charge in [-0.1, -0.05) is 0 Å². The first-order chi connectivity index (χ1) is 7.90. The molecule has 1 aromatic heterocycles. The minimum absolute atomic E-state index is 0.268. The second-order valence-corrected chi connectivity index (χ2v) is 3.82. The molecule has 16 heavy (non-hydrogen) atoms. The van der Waals surface area contributed by atoms with Crippen molar-refractivity contribution in [2.24, 2.45) is 5.18 Å². The van der Waals surface area contributed by atoms with Gasteiger partial charge in [0.25, 0.3) is 0 Å². The molecule has 5 nitrogen and oxygen atoms in total. The minimum Gasteiger partial charge on any atom is -0.475 e. The summed E-state index contributed by atoms with van der Waals surface area (Å²) < 4.78 is 5.44. The molecular formula is C11H15N3O2. The van der Waals surface area contributed by atoms with Gasteiger partial charge in [0.15, 0.2) is 5.69 Å². The molecule has 0 bridgehead atoms. The Balaban J connectivity index is 1.82. The fourth-order valence-electron chi connectivity index (χ4n) is 1.84. The zero-order chi connectivity index (χ0) is 11.2. The van der Waals surface area contributed by atoms with E-state index < -0.39 is 0 Å². The van der Waals surface area contributed by atoms with Gasteiger partial charge in [-0.2, -0.15) is 0 Å². The van der Waals surface area contributed by atoms with Gasteiger partial charge in [0.2, 0.25) is 5.88 Å². The lowest BCUT2D eigenvalue weighted by Gasteiger charge is -2.14. The zero-order valence-electron chi connectivity index (χ0n) is 9.13. The van der Waals surface area contributed by atoms with Gasteiger partial charge in [0.05, 0.1) is 0 Å². The van der Waals surface area contributed by atoms with Gasteiger partial charge in [0, 0.05) is 12.7 Å². The van der Waals surface area contributed by atoms with Crippen LogP contribution in [0.3, 0.4) is 0 Å². The van der Waals surface area contributed by atoms with Crippen LogP contribution < -0.4 is 4.74 Å². The molecule has 0 atom stereocenters. The van der Waals surface area contributed by atoms with E-state index in [1.165, 1.54) is 12.8 Å². The first-order valence-corrected chi connectivity index (χ1v) is 5.53. The van der Waals surface area contributed by atoms with Crippen molar-refractivity contribution in [3.63, 3.8) is 0 Å². The minimum atomic E-state index is 0.268. The molecule has 86 valence electrons. The lowest BCUT2D eigenvalue weighted by atomic mass is 10.4. The highest BCUT2D eigenvalue weighted by Crippen LogP contribution is 2.23. The number of ether oxygens (including phenoxy) is 1. The molecule has 0 N–H and O–H groups in total. The summed E-state index contributed by atoms with van der Waals surface area (Å²) in [5.41, 5.74) is 0.268. The van der Waals surface area contributed by atoms with Crippen molar-refractivity contribution in [3.05, 3.63) is 23.2 Å². The highest BCUT2D eigenvalue weighted by Gasteiger charge is 2.11. The number of aromatic nitrogens is 1. The number of nitroso groups, excluding NO2 is 1. The van der Waals surface area contributed by atoms with Gasteiger partial charge in [-0.15, -0.1) is 4.91 Å². The Morgan fingerprint density at radius 3 is 3.00 bits per heavy atom. The maximum atomic E-state index is 10.5. The van der Waals surface area contributed by atoms with Crippen LogP contribution in [0.2, 0.25) is 0 Å². The van der Waals surface area contributed by atoms with Crippen molar-refractivity contribution in [2.75, 3.05) is 26.2 Å². The molecule has 0 radical (unpaired) electrons. The zero-order valence-corrected chi connectivity index (χ0v) is 9.13. The van der Waals surface area contributed by atoms with E-state index in [9.17, 15) is 4.91 Å². The summed E-state index contributed by atoms with van der Waals surface area (Å²) >= 11 is 0. The molecule has 0 saturated carbocycles. The molecule has 1 saturated heterocycles. The van der Waals surface area contributed by atoms with Crippen LogP contribution >= 0.6 is 0 Å². The third-order valence-corrected chi connectivity index (χ3v) is 2.69. The molecule has 1 aromatic rings. The average molecular weight is 221 g/mol. The van der Waals surface area contributed by atoms with Gasteiger partial charge >= 0.3 is 0 Å². The molecule has 0 unspecified atom stereocenters. The molecule has 0 amide bonds. The van der Waals surface area contributed by atoms with Crippen LogP contribution in [0.5, 0.6) is 5.88 Å². The second-order valence-electron chi connectivity index (χ2n) is 3.82. The molecule has 5 heteroatoms. The number of hydrogen-bond donors (Lipinski definition) is 0. The van der Waals surface area contributed by atoms with Crippen LogP contribution in [0.4, 0.5) is 5.69 Å². The average Bonchev–Trinajstić information content (AvgIpc) is 2.83. The van der Waals surface area contributed by atoms with Gasteiger partial charge in [-0.25, -0.2) is 4.98 Å². The van der Waals surface area contributed by atoms with E-state index >= 15 is 0 Å².